The molecule has 8 heteroatoms. The van der Waals surface area contributed by atoms with E-state index in [4.69, 9.17) is 15.6 Å². The van der Waals surface area contributed by atoms with Gasteiger partial charge < -0.3 is 15.6 Å². The average Bonchev–Trinajstić information content (AvgIpc) is 2.72. The number of hydrogen-bond acceptors (Lipinski definition) is 6. The zero-order chi connectivity index (χ0) is 19.3. The van der Waals surface area contributed by atoms with Crippen LogP contribution >= 0.6 is 11.8 Å². The van der Waals surface area contributed by atoms with Crippen molar-refractivity contribution >= 4 is 29.5 Å². The number of nitrogens with two attached hydrogens (primary N) is 1. The summed E-state index contributed by atoms with van der Waals surface area (Å²) in [5.74, 6) is -0.645. The molecule has 1 aliphatic rings. The quantitative estimate of drug-likeness (QED) is 0.529. The fourth-order valence-electron chi connectivity index (χ4n) is 2.31. The minimum Gasteiger partial charge on any atom is -0.481 e. The Morgan fingerprint density at radius 2 is 2.00 bits per heavy atom. The maximum absolute atomic E-state index is 12.3. The van der Waals surface area contributed by atoms with Gasteiger partial charge in [0.1, 0.15) is 0 Å². The summed E-state index contributed by atoms with van der Waals surface area (Å²) in [5.41, 5.74) is 5.18. The lowest BCUT2D eigenvalue weighted by Crippen LogP contribution is -2.41. The molecule has 144 valence electrons. The van der Waals surface area contributed by atoms with E-state index in [9.17, 15) is 14.4 Å². The molecule has 0 aromatic carbocycles. The Bertz CT molecular complexity index is 502. The van der Waals surface area contributed by atoms with Crippen molar-refractivity contribution in [3.8, 4) is 0 Å². The van der Waals surface area contributed by atoms with E-state index in [2.05, 4.69) is 0 Å². The normalized spacial score (nSPS) is 18.9. The van der Waals surface area contributed by atoms with Crippen LogP contribution < -0.4 is 5.73 Å². The number of hydrogen-bond donors (Lipinski definition) is 2. The summed E-state index contributed by atoms with van der Waals surface area (Å²) in [7, 11) is 0. The molecule has 0 aromatic heterocycles. The summed E-state index contributed by atoms with van der Waals surface area (Å²) in [5, 5.41) is 8.27. The minimum atomic E-state index is -0.923. The predicted octanol–water partition coefficient (Wildman–Crippen LogP) is 1.63. The van der Waals surface area contributed by atoms with E-state index in [1.165, 1.54) is 16.7 Å². The van der Waals surface area contributed by atoms with E-state index in [1.807, 2.05) is 27.7 Å². The lowest BCUT2D eigenvalue weighted by atomic mass is 10.0. The summed E-state index contributed by atoms with van der Waals surface area (Å²) >= 11 is 1.46. The van der Waals surface area contributed by atoms with Crippen LogP contribution in [0.3, 0.4) is 0 Å². The van der Waals surface area contributed by atoms with Crippen LogP contribution in [0.15, 0.2) is 0 Å². The molecule has 1 unspecified atom stereocenters. The fourth-order valence-corrected chi connectivity index (χ4v) is 3.73. The number of carboxylic acids is 1. The second-order valence-electron chi connectivity index (χ2n) is 7.73. The summed E-state index contributed by atoms with van der Waals surface area (Å²) in [6.07, 6.45) is 1.18. The minimum absolute atomic E-state index is 0.0438. The molecule has 0 spiro atoms. The Hall–Kier alpha value is -1.12. The Morgan fingerprint density at radius 3 is 2.56 bits per heavy atom. The van der Waals surface area contributed by atoms with Crippen LogP contribution in [-0.4, -0.2) is 63.1 Å². The Labute approximate surface area is 153 Å². The van der Waals surface area contributed by atoms with Gasteiger partial charge in [-0.1, -0.05) is 0 Å². The van der Waals surface area contributed by atoms with Gasteiger partial charge in [-0.2, -0.15) is 0 Å². The van der Waals surface area contributed by atoms with Gasteiger partial charge in [0.15, 0.2) is 0 Å². The number of nitrogens with zero attached hydrogens (tertiary/aromatic N) is 1. The lowest BCUT2D eigenvalue weighted by Gasteiger charge is -2.30. The van der Waals surface area contributed by atoms with Crippen molar-refractivity contribution in [3.05, 3.63) is 0 Å². The van der Waals surface area contributed by atoms with Crippen molar-refractivity contribution in [3.63, 3.8) is 0 Å². The third kappa shape index (κ3) is 8.20. The number of carboxylic acid groups (broad SMARTS) is 1. The van der Waals surface area contributed by atoms with E-state index in [1.54, 1.807) is 0 Å². The van der Waals surface area contributed by atoms with E-state index in [-0.39, 0.29) is 42.1 Å². The number of aliphatic carboxylic acids is 1. The van der Waals surface area contributed by atoms with Gasteiger partial charge in [0.25, 0.3) is 0 Å². The third-order valence-corrected chi connectivity index (χ3v) is 5.04. The second kappa shape index (κ2) is 9.00. The molecule has 1 aliphatic heterocycles. The van der Waals surface area contributed by atoms with Crippen LogP contribution in [0.1, 0.15) is 53.4 Å². The molecular weight excluding hydrogens is 344 g/mol. The highest BCUT2D eigenvalue weighted by Crippen LogP contribution is 2.28. The van der Waals surface area contributed by atoms with E-state index in [0.29, 0.717) is 18.8 Å². The van der Waals surface area contributed by atoms with Crippen molar-refractivity contribution in [2.75, 3.05) is 18.9 Å². The maximum atomic E-state index is 12.3. The highest BCUT2D eigenvalue weighted by atomic mass is 32.2. The first-order valence-corrected chi connectivity index (χ1v) is 9.57. The topological polar surface area (TPSA) is 110 Å². The predicted molar refractivity (Wildman–Crippen MR) is 97.4 cm³/mol. The maximum Gasteiger partial charge on any atom is 0.303 e. The van der Waals surface area contributed by atoms with Gasteiger partial charge in [-0.3, -0.25) is 19.3 Å². The van der Waals surface area contributed by atoms with Crippen molar-refractivity contribution in [2.24, 2.45) is 5.73 Å². The second-order valence-corrected chi connectivity index (χ2v) is 9.04. The van der Waals surface area contributed by atoms with Gasteiger partial charge in [-0.15, -0.1) is 11.8 Å². The number of carbonyl (C=O) groups excluding carboxylic acids is 2. The summed E-state index contributed by atoms with van der Waals surface area (Å²) in [6, 6.07) is 0. The number of imide groups is 1. The van der Waals surface area contributed by atoms with Crippen LogP contribution in [0.2, 0.25) is 0 Å². The van der Waals surface area contributed by atoms with E-state index < -0.39 is 11.5 Å². The van der Waals surface area contributed by atoms with Crippen LogP contribution in [0.5, 0.6) is 0 Å². The first-order valence-electron chi connectivity index (χ1n) is 8.52. The number of rotatable bonds is 11. The van der Waals surface area contributed by atoms with E-state index in [0.717, 1.165) is 6.42 Å². The molecule has 1 fully saturated rings. The standard InChI is InChI=1S/C17H30N2O5S/c1-16(2,18)11-24-17(3,4)7-9-25-12-10-13(20)19(15(12)23)8-5-6-14(21)22/h12H,5-11,18H2,1-4H3,(H,21,22). The molecule has 1 heterocycles. The molecule has 0 radical (unpaired) electrons. The zero-order valence-corrected chi connectivity index (χ0v) is 16.4. The summed E-state index contributed by atoms with van der Waals surface area (Å²) in [6.45, 7) is 8.40. The zero-order valence-electron chi connectivity index (χ0n) is 15.5. The van der Waals surface area contributed by atoms with Crippen molar-refractivity contribution in [2.45, 2.75) is 69.8 Å². The van der Waals surface area contributed by atoms with Gasteiger partial charge in [-0.25, -0.2) is 0 Å². The average molecular weight is 375 g/mol. The number of likely N-dealkylation sites (tertiary alicyclic amines) is 1. The van der Waals surface area contributed by atoms with Gasteiger partial charge in [0, 0.05) is 24.9 Å². The van der Waals surface area contributed by atoms with Gasteiger partial charge >= 0.3 is 5.97 Å². The molecule has 2 amide bonds. The van der Waals surface area contributed by atoms with Crippen molar-refractivity contribution in [1.29, 1.82) is 0 Å². The molecule has 1 atom stereocenters. The molecule has 0 aliphatic carbocycles. The largest absolute Gasteiger partial charge is 0.481 e. The monoisotopic (exact) mass is 374 g/mol. The first-order chi connectivity index (χ1) is 11.4. The van der Waals surface area contributed by atoms with Crippen molar-refractivity contribution < 1.29 is 24.2 Å². The molecule has 3 N–H and O–H groups in total. The molecule has 7 nitrogen and oxygen atoms in total. The number of amides is 2. The molecule has 1 rings (SSSR count). The van der Waals surface area contributed by atoms with Crippen molar-refractivity contribution in [1.82, 2.24) is 4.90 Å². The van der Waals surface area contributed by atoms with Gasteiger partial charge in [-0.05, 0) is 46.3 Å². The van der Waals surface area contributed by atoms with Gasteiger partial charge in [0.2, 0.25) is 11.8 Å². The lowest BCUT2D eigenvalue weighted by molar-refractivity contribution is -0.141. The SMILES string of the molecule is CC(C)(N)COC(C)(C)CCSC1CC(=O)N(CCCC(=O)O)C1=O. The number of ether oxygens (including phenoxy) is 1. The smallest absolute Gasteiger partial charge is 0.303 e. The Morgan fingerprint density at radius 1 is 1.36 bits per heavy atom. The highest BCUT2D eigenvalue weighted by molar-refractivity contribution is 8.00. The molecule has 0 bridgehead atoms. The van der Waals surface area contributed by atoms with Gasteiger partial charge in [0.05, 0.1) is 17.5 Å². The number of carbonyl (C=O) groups is 3. The summed E-state index contributed by atoms with van der Waals surface area (Å²) in [4.78, 5) is 36.0. The first kappa shape index (κ1) is 21.9. The molecule has 25 heavy (non-hydrogen) atoms. The van der Waals surface area contributed by atoms with Crippen LogP contribution in [0.25, 0.3) is 0 Å². The van der Waals surface area contributed by atoms with Crippen LogP contribution in [0.4, 0.5) is 0 Å². The third-order valence-electron chi connectivity index (χ3n) is 3.83. The number of thioether (sulfide) groups is 1. The highest BCUT2D eigenvalue weighted by Gasteiger charge is 2.38. The summed E-state index contributed by atoms with van der Waals surface area (Å²) < 4.78 is 5.85. The fraction of sp³-hybridized carbons (Fsp3) is 0.824. The molecular formula is C17H30N2O5S. The Balaban J connectivity index is 2.39. The molecule has 0 aromatic rings. The molecule has 0 saturated carbocycles. The molecule has 1 saturated heterocycles. The Kier molecular flexibility index (Phi) is 7.89. The van der Waals surface area contributed by atoms with Crippen LogP contribution in [-0.2, 0) is 19.1 Å². The van der Waals surface area contributed by atoms with Crippen LogP contribution in [0, 0.1) is 0 Å². The van der Waals surface area contributed by atoms with E-state index >= 15 is 0 Å².